The zero-order valence-corrected chi connectivity index (χ0v) is 6.37. The number of nitrogens with one attached hydrogen (secondary N) is 1. The second-order valence-corrected chi connectivity index (χ2v) is 2.33. The first-order valence-electron chi connectivity index (χ1n) is 3.33. The molecule has 0 heterocycles. The van der Waals surface area contributed by atoms with Gasteiger partial charge >= 0.3 is 0 Å². The van der Waals surface area contributed by atoms with Crippen LogP contribution in [-0.4, -0.2) is 0 Å². The monoisotopic (exact) mass is 194 g/mol. The molecule has 0 spiro atoms. The maximum atomic E-state index is 12.8. The zero-order valence-electron chi connectivity index (χ0n) is 6.37. The highest BCUT2D eigenvalue weighted by Gasteiger charge is 2.17. The van der Waals surface area contributed by atoms with Crippen molar-refractivity contribution < 1.29 is 17.6 Å². The maximum Gasteiger partial charge on any atom is 0.166 e. The Bertz CT molecular complexity index is 301. The van der Waals surface area contributed by atoms with Gasteiger partial charge in [0.2, 0.25) is 0 Å². The van der Waals surface area contributed by atoms with Crippen LogP contribution in [0.3, 0.4) is 0 Å². The van der Waals surface area contributed by atoms with Gasteiger partial charge in [-0.1, -0.05) is 0 Å². The minimum absolute atomic E-state index is 0.144. The molecule has 0 aliphatic heterocycles. The predicted molar refractivity (Wildman–Crippen MR) is 37.3 cm³/mol. The normalized spacial score (nSPS) is 10.5. The highest BCUT2D eigenvalue weighted by molar-refractivity contribution is 5.22. The molecule has 0 fully saturated rings. The molecule has 0 amide bonds. The van der Waals surface area contributed by atoms with Gasteiger partial charge in [-0.25, -0.2) is 17.6 Å². The fourth-order valence-corrected chi connectivity index (χ4v) is 0.880. The van der Waals surface area contributed by atoms with Crippen LogP contribution >= 0.6 is 0 Å². The van der Waals surface area contributed by atoms with Crippen LogP contribution in [0.1, 0.15) is 5.56 Å². The summed E-state index contributed by atoms with van der Waals surface area (Å²) in [7, 11) is 0. The van der Waals surface area contributed by atoms with E-state index in [4.69, 9.17) is 5.84 Å². The standard InChI is InChI=1S/C7H6F4N2/c8-4-1-5(9)7(11)3(2-13-12)6(4)10/h1,13H,2,12H2. The first kappa shape index (κ1) is 9.94. The second-order valence-electron chi connectivity index (χ2n) is 2.33. The van der Waals surface area contributed by atoms with E-state index in [1.54, 1.807) is 0 Å². The molecule has 1 rings (SSSR count). The van der Waals surface area contributed by atoms with Gasteiger partial charge in [-0.3, -0.25) is 11.3 Å². The molecule has 1 aromatic carbocycles. The molecule has 3 N–H and O–H groups in total. The molecule has 0 unspecified atom stereocenters. The lowest BCUT2D eigenvalue weighted by Crippen LogP contribution is -2.23. The third-order valence-corrected chi connectivity index (χ3v) is 1.48. The van der Waals surface area contributed by atoms with Gasteiger partial charge in [0.05, 0.1) is 0 Å². The highest BCUT2D eigenvalue weighted by atomic mass is 19.2. The Labute approximate surface area is 71.3 Å². The largest absolute Gasteiger partial charge is 0.271 e. The Balaban J connectivity index is 3.28. The van der Waals surface area contributed by atoms with Gasteiger partial charge in [0.15, 0.2) is 23.3 Å². The van der Waals surface area contributed by atoms with E-state index in [0.29, 0.717) is 0 Å². The summed E-state index contributed by atoms with van der Waals surface area (Å²) in [5.74, 6) is -0.978. The van der Waals surface area contributed by atoms with Gasteiger partial charge in [0.25, 0.3) is 0 Å². The lowest BCUT2D eigenvalue weighted by Gasteiger charge is -2.05. The fourth-order valence-electron chi connectivity index (χ4n) is 0.880. The van der Waals surface area contributed by atoms with Gasteiger partial charge in [-0.05, 0) is 0 Å². The molecule has 0 saturated carbocycles. The molecule has 0 aliphatic rings. The molecule has 0 bridgehead atoms. The van der Waals surface area contributed by atoms with Crippen LogP contribution in [-0.2, 0) is 6.54 Å². The highest BCUT2D eigenvalue weighted by Crippen LogP contribution is 2.18. The van der Waals surface area contributed by atoms with Crippen molar-refractivity contribution in [2.75, 3.05) is 0 Å². The lowest BCUT2D eigenvalue weighted by molar-refractivity contribution is 0.433. The van der Waals surface area contributed by atoms with Crippen LogP contribution in [0.5, 0.6) is 0 Å². The molecule has 6 heteroatoms. The van der Waals surface area contributed by atoms with E-state index in [-0.39, 0.29) is 6.07 Å². The van der Waals surface area contributed by atoms with E-state index >= 15 is 0 Å². The molecule has 0 atom stereocenters. The van der Waals surface area contributed by atoms with Crippen molar-refractivity contribution in [2.24, 2.45) is 5.84 Å². The van der Waals surface area contributed by atoms with E-state index in [9.17, 15) is 17.6 Å². The third-order valence-electron chi connectivity index (χ3n) is 1.48. The van der Waals surface area contributed by atoms with Gasteiger partial charge in [0, 0.05) is 18.2 Å². The van der Waals surface area contributed by atoms with Crippen LogP contribution < -0.4 is 11.3 Å². The quantitative estimate of drug-likeness (QED) is 0.321. The Kier molecular flexibility index (Phi) is 2.84. The summed E-state index contributed by atoms with van der Waals surface area (Å²) in [4.78, 5) is 0. The Morgan fingerprint density at radius 2 is 1.54 bits per heavy atom. The van der Waals surface area contributed by atoms with Crippen molar-refractivity contribution in [3.63, 3.8) is 0 Å². The first-order chi connectivity index (χ1) is 6.07. The summed E-state index contributed by atoms with van der Waals surface area (Å²) in [6.07, 6.45) is 0. The number of nitrogens with two attached hydrogens (primary N) is 1. The summed E-state index contributed by atoms with van der Waals surface area (Å²) >= 11 is 0. The summed E-state index contributed by atoms with van der Waals surface area (Å²) in [5, 5.41) is 0. The Morgan fingerprint density at radius 3 is 1.92 bits per heavy atom. The Hall–Kier alpha value is -1.14. The van der Waals surface area contributed by atoms with E-state index in [1.165, 1.54) is 0 Å². The molecule has 0 aliphatic carbocycles. The molecular weight excluding hydrogens is 188 g/mol. The molecule has 1 aromatic rings. The summed E-state index contributed by atoms with van der Waals surface area (Å²) in [6.45, 7) is -0.480. The van der Waals surface area contributed by atoms with Crippen molar-refractivity contribution in [3.05, 3.63) is 34.9 Å². The van der Waals surface area contributed by atoms with Gasteiger partial charge < -0.3 is 0 Å². The average Bonchev–Trinajstić information content (AvgIpc) is 2.09. The van der Waals surface area contributed by atoms with E-state index in [0.717, 1.165) is 0 Å². The lowest BCUT2D eigenvalue weighted by atomic mass is 10.2. The second kappa shape index (κ2) is 3.71. The van der Waals surface area contributed by atoms with Crippen molar-refractivity contribution in [1.82, 2.24) is 5.43 Å². The zero-order chi connectivity index (χ0) is 10.0. The summed E-state index contributed by atoms with van der Waals surface area (Å²) in [5.41, 5.74) is 1.16. The number of rotatable bonds is 2. The topological polar surface area (TPSA) is 38.0 Å². The summed E-state index contributed by atoms with van der Waals surface area (Å²) < 4.78 is 50.5. The van der Waals surface area contributed by atoms with Crippen LogP contribution in [0, 0.1) is 23.3 Å². The van der Waals surface area contributed by atoms with Gasteiger partial charge in [0.1, 0.15) is 0 Å². The third kappa shape index (κ3) is 1.78. The van der Waals surface area contributed by atoms with Crippen molar-refractivity contribution in [2.45, 2.75) is 6.54 Å². The molecule has 0 aromatic heterocycles. The minimum atomic E-state index is -1.44. The average molecular weight is 194 g/mol. The molecule has 13 heavy (non-hydrogen) atoms. The minimum Gasteiger partial charge on any atom is -0.271 e. The fraction of sp³-hybridized carbons (Fsp3) is 0.143. The van der Waals surface area contributed by atoms with Crippen LogP contribution in [0.25, 0.3) is 0 Å². The van der Waals surface area contributed by atoms with Gasteiger partial charge in [-0.2, -0.15) is 0 Å². The van der Waals surface area contributed by atoms with Gasteiger partial charge in [-0.15, -0.1) is 0 Å². The number of hydrazine groups is 1. The molecule has 0 saturated heterocycles. The van der Waals surface area contributed by atoms with Crippen LogP contribution in [0.4, 0.5) is 17.6 Å². The van der Waals surface area contributed by atoms with Crippen molar-refractivity contribution >= 4 is 0 Å². The number of hydrogen-bond donors (Lipinski definition) is 2. The molecular formula is C7H6F4N2. The van der Waals surface area contributed by atoms with Crippen molar-refractivity contribution in [3.8, 4) is 0 Å². The molecule has 2 nitrogen and oxygen atoms in total. The van der Waals surface area contributed by atoms with E-state index in [2.05, 4.69) is 0 Å². The number of benzene rings is 1. The Morgan fingerprint density at radius 1 is 1.08 bits per heavy atom. The summed E-state index contributed by atoms with van der Waals surface area (Å²) in [6, 6.07) is 0.144. The van der Waals surface area contributed by atoms with Crippen LogP contribution in [0.2, 0.25) is 0 Å². The van der Waals surface area contributed by atoms with Crippen LogP contribution in [0.15, 0.2) is 6.07 Å². The van der Waals surface area contributed by atoms with E-state index in [1.807, 2.05) is 5.43 Å². The first-order valence-corrected chi connectivity index (χ1v) is 3.33. The SMILES string of the molecule is NNCc1c(F)c(F)cc(F)c1F. The molecule has 72 valence electrons. The predicted octanol–water partition coefficient (Wildman–Crippen LogP) is 1.21. The smallest absolute Gasteiger partial charge is 0.166 e. The number of halogens is 4. The van der Waals surface area contributed by atoms with E-state index < -0.39 is 35.4 Å². The maximum absolute atomic E-state index is 12.8. The van der Waals surface area contributed by atoms with Crippen molar-refractivity contribution in [1.29, 1.82) is 0 Å². The number of hydrogen-bond acceptors (Lipinski definition) is 2. The molecule has 0 radical (unpaired) electrons.